The molecule has 0 N–H and O–H groups in total. The Hall–Kier alpha value is -2.16. The normalized spacial score (nSPS) is 14.6. The summed E-state index contributed by atoms with van der Waals surface area (Å²) in [5.74, 6) is 0. The molecule has 0 amide bonds. The van der Waals surface area contributed by atoms with Gasteiger partial charge in [0.05, 0.1) is 0 Å². The first-order chi connectivity index (χ1) is 13.7. The standard InChI is InChI=1S/C22H19N4.ClH.Pt/c1-23-15-25(21-12-5-3-10-19(21)23)17-8-7-9-18(14-17)26-16-24(2)20-11-4-6-13-22(20)26;;/h3-13,15-16H,1-2H3;1H;/q-3;;+1/p-1. The monoisotopic (exact) mass is 569 g/mol. The summed E-state index contributed by atoms with van der Waals surface area (Å²) >= 11 is 1.61. The third-order valence-corrected chi connectivity index (χ3v) is 4.90. The van der Waals surface area contributed by atoms with Crippen molar-refractivity contribution in [2.45, 2.75) is 0 Å². The summed E-state index contributed by atoms with van der Waals surface area (Å²) in [4.78, 5) is 8.65. The van der Waals surface area contributed by atoms with Gasteiger partial charge >= 0.3 is 28.2 Å². The van der Waals surface area contributed by atoms with Crippen LogP contribution in [0, 0.1) is 19.4 Å². The maximum atomic E-state index is 4.61. The molecule has 2 aliphatic heterocycles. The van der Waals surface area contributed by atoms with E-state index in [0.717, 1.165) is 11.4 Å². The molecule has 0 atom stereocenters. The Balaban J connectivity index is 0.000000932. The van der Waals surface area contributed by atoms with Crippen LogP contribution in [0.2, 0.25) is 0 Å². The van der Waals surface area contributed by atoms with Gasteiger partial charge in [0.15, 0.2) is 0 Å². The molecule has 4 nitrogen and oxygen atoms in total. The Morgan fingerprint density at radius 2 is 1.04 bits per heavy atom. The van der Waals surface area contributed by atoms with Gasteiger partial charge in [0, 0.05) is 22.7 Å². The van der Waals surface area contributed by atoms with Crippen molar-refractivity contribution in [2.75, 3.05) is 33.7 Å². The number of hydrogen-bond donors (Lipinski definition) is 0. The number of anilines is 6. The van der Waals surface area contributed by atoms with Crippen molar-refractivity contribution in [3.63, 3.8) is 0 Å². The van der Waals surface area contributed by atoms with Crippen LogP contribution in [0.15, 0.2) is 66.7 Å². The molecule has 0 unspecified atom stereocenters. The third-order valence-electron chi connectivity index (χ3n) is 4.90. The minimum atomic E-state index is 1.03. The van der Waals surface area contributed by atoms with Crippen LogP contribution in [-0.4, -0.2) is 14.1 Å². The van der Waals surface area contributed by atoms with Crippen LogP contribution in [0.5, 0.6) is 0 Å². The summed E-state index contributed by atoms with van der Waals surface area (Å²) < 4.78 is 0. The molecule has 0 aromatic heterocycles. The first-order valence-electron chi connectivity index (χ1n) is 8.79. The number of halogens is 1. The quantitative estimate of drug-likeness (QED) is 0.373. The van der Waals surface area contributed by atoms with Gasteiger partial charge < -0.3 is 19.6 Å². The number of nitrogens with zero attached hydrogens (tertiary/aromatic N) is 4. The van der Waals surface area contributed by atoms with E-state index in [1.165, 1.54) is 22.7 Å². The van der Waals surface area contributed by atoms with Crippen LogP contribution in [-0.2, 0) is 18.8 Å². The van der Waals surface area contributed by atoms with E-state index < -0.39 is 0 Å². The van der Waals surface area contributed by atoms with Gasteiger partial charge in [0.25, 0.3) is 0 Å². The fourth-order valence-corrected chi connectivity index (χ4v) is 3.64. The Morgan fingerprint density at radius 3 is 1.46 bits per heavy atom. The third kappa shape index (κ3) is 3.25. The molecular weight excluding hydrogens is 551 g/mol. The molecule has 0 aliphatic carbocycles. The van der Waals surface area contributed by atoms with Gasteiger partial charge in [-0.25, -0.2) is 0 Å². The van der Waals surface area contributed by atoms with E-state index in [-0.39, 0.29) is 0 Å². The molecule has 0 fully saturated rings. The first kappa shape index (κ1) is 19.2. The number of para-hydroxylation sites is 4. The summed E-state index contributed by atoms with van der Waals surface area (Å²) in [6, 6.07) is 26.7. The Bertz CT molecular complexity index is 905. The molecule has 2 aliphatic rings. The first-order valence-corrected chi connectivity index (χ1v) is 11.6. The molecule has 0 bridgehead atoms. The molecule has 5 rings (SSSR count). The predicted molar refractivity (Wildman–Crippen MR) is 114 cm³/mol. The summed E-state index contributed by atoms with van der Waals surface area (Å²) in [5.41, 5.74) is 6.80. The van der Waals surface area contributed by atoms with Crippen molar-refractivity contribution in [2.24, 2.45) is 0 Å². The van der Waals surface area contributed by atoms with E-state index in [0.29, 0.717) is 0 Å². The van der Waals surface area contributed by atoms with Crippen molar-refractivity contribution in [1.82, 2.24) is 0 Å². The van der Waals surface area contributed by atoms with E-state index >= 15 is 0 Å². The molecular formula is C22H19ClN4Pt-3. The molecule has 0 saturated carbocycles. The molecule has 28 heavy (non-hydrogen) atoms. The average molecular weight is 570 g/mol. The van der Waals surface area contributed by atoms with Crippen molar-refractivity contribution >= 4 is 43.5 Å². The zero-order chi connectivity index (χ0) is 19.7. The topological polar surface area (TPSA) is 13.0 Å². The van der Waals surface area contributed by atoms with Gasteiger partial charge in [0.1, 0.15) is 0 Å². The van der Waals surface area contributed by atoms with Crippen LogP contribution in [0.4, 0.5) is 34.1 Å². The van der Waals surface area contributed by atoms with E-state index in [1.807, 2.05) is 0 Å². The predicted octanol–water partition coefficient (Wildman–Crippen LogP) is 5.59. The van der Waals surface area contributed by atoms with Crippen LogP contribution in [0.3, 0.4) is 0 Å². The second-order valence-corrected chi connectivity index (χ2v) is 6.59. The van der Waals surface area contributed by atoms with Gasteiger partial charge in [-0.05, 0) is 38.4 Å². The molecule has 0 saturated heterocycles. The molecule has 2 heterocycles. The van der Waals surface area contributed by atoms with Gasteiger partial charge in [0.2, 0.25) is 0 Å². The Morgan fingerprint density at radius 1 is 0.643 bits per heavy atom. The van der Waals surface area contributed by atoms with Crippen LogP contribution < -0.4 is 19.6 Å². The number of benzene rings is 3. The van der Waals surface area contributed by atoms with Crippen molar-refractivity contribution in [3.8, 4) is 0 Å². The van der Waals surface area contributed by atoms with Gasteiger partial charge in [-0.2, -0.15) is 19.4 Å². The van der Waals surface area contributed by atoms with Crippen molar-refractivity contribution in [3.05, 3.63) is 86.1 Å². The summed E-state index contributed by atoms with van der Waals surface area (Å²) in [7, 11) is 8.75. The minimum absolute atomic E-state index is 1.03. The molecule has 0 spiro atoms. The maximum absolute atomic E-state index is 4.61. The second kappa shape index (κ2) is 8.06. The van der Waals surface area contributed by atoms with Crippen LogP contribution >= 0.6 is 9.42 Å². The number of rotatable bonds is 2. The fourth-order valence-electron chi connectivity index (χ4n) is 3.64. The fraction of sp³-hybridized carbons (Fsp3) is 0.0909. The Kier molecular flexibility index (Phi) is 5.52. The number of fused-ring (bicyclic) bond motifs is 2. The zero-order valence-electron chi connectivity index (χ0n) is 15.5. The van der Waals surface area contributed by atoms with Crippen LogP contribution in [0.1, 0.15) is 0 Å². The molecule has 0 radical (unpaired) electrons. The average Bonchev–Trinajstić information content (AvgIpc) is 3.28. The molecule has 3 aromatic carbocycles. The van der Waals surface area contributed by atoms with Crippen molar-refractivity contribution < 1.29 is 18.8 Å². The summed E-state index contributed by atoms with van der Waals surface area (Å²) in [6.45, 7) is 4.21. The second-order valence-electron chi connectivity index (χ2n) is 6.59. The Labute approximate surface area is 181 Å². The molecule has 3 aromatic rings. The molecule has 6 heteroatoms. The van der Waals surface area contributed by atoms with Gasteiger partial charge in [-0.3, -0.25) is 0 Å². The summed E-state index contributed by atoms with van der Waals surface area (Å²) in [5, 5.41) is 0. The van der Waals surface area contributed by atoms with E-state index in [1.54, 1.807) is 18.8 Å². The van der Waals surface area contributed by atoms with E-state index in [4.69, 9.17) is 0 Å². The SMILES string of the molecule is CN1[CH-]N(c2[c-]c(N3[CH-]N(C)c4ccccc43)ccc2)c2ccccc21.[Cl][Pt]. The van der Waals surface area contributed by atoms with Crippen LogP contribution in [0.25, 0.3) is 0 Å². The zero-order valence-corrected chi connectivity index (χ0v) is 18.5. The van der Waals surface area contributed by atoms with Gasteiger partial charge in [-0.1, -0.05) is 24.3 Å². The summed E-state index contributed by atoms with van der Waals surface area (Å²) in [6.07, 6.45) is 0. The molecule has 147 valence electrons. The van der Waals surface area contributed by atoms with E-state index in [2.05, 4.69) is 129 Å². The van der Waals surface area contributed by atoms with Crippen molar-refractivity contribution in [1.29, 1.82) is 0 Å². The number of hydrogen-bond acceptors (Lipinski definition) is 4. The van der Waals surface area contributed by atoms with Gasteiger partial charge in [-0.15, -0.1) is 29.6 Å². The van der Waals surface area contributed by atoms with E-state index in [9.17, 15) is 0 Å².